The fourth-order valence-corrected chi connectivity index (χ4v) is 9.65. The van der Waals surface area contributed by atoms with Gasteiger partial charge in [-0.3, -0.25) is 0 Å². The molecule has 10 aromatic carbocycles. The summed E-state index contributed by atoms with van der Waals surface area (Å²) in [7, 11) is 0. The Morgan fingerprint density at radius 3 is 1.04 bits per heavy atom. The summed E-state index contributed by atoms with van der Waals surface area (Å²) in [6, 6.07) is 80.4. The molecule has 0 amide bonds. The maximum atomic E-state index is 2.41. The number of hydrogen-bond donors (Lipinski definition) is 0. The molecular formula is C56H36S. The first-order chi connectivity index (χ1) is 28.2. The molecular weight excluding hydrogens is 705 g/mol. The molecule has 1 heterocycles. The van der Waals surface area contributed by atoms with Crippen LogP contribution >= 0.6 is 11.3 Å². The monoisotopic (exact) mass is 740 g/mol. The maximum Gasteiger partial charge on any atom is 0.0355 e. The second kappa shape index (κ2) is 13.9. The van der Waals surface area contributed by atoms with Crippen molar-refractivity contribution in [3.63, 3.8) is 0 Å². The average Bonchev–Trinajstić information content (AvgIpc) is 3.66. The standard InChI is InChI=1S/C56H36S/c1-3-13-37(14-4-1)43-29-45(33-47(31-43)51-23-11-19-39-17-7-9-21-49(39)51)41-25-27-55-53(35-41)54-36-42(26-28-56(54)57-55)46-30-44(38-15-5-2-6-16-38)32-48(34-46)52-24-12-20-40-18-8-10-22-50(40)52/h1-36H. The minimum Gasteiger partial charge on any atom is -0.135 e. The Kier molecular flexibility index (Phi) is 8.12. The van der Waals surface area contributed by atoms with Gasteiger partial charge in [0.1, 0.15) is 0 Å². The summed E-state index contributed by atoms with van der Waals surface area (Å²) in [6.07, 6.45) is 0. The molecule has 0 unspecified atom stereocenters. The number of benzene rings is 10. The van der Waals surface area contributed by atoms with Crippen LogP contribution in [-0.2, 0) is 0 Å². The van der Waals surface area contributed by atoms with Crippen LogP contribution in [0.2, 0.25) is 0 Å². The highest BCUT2D eigenvalue weighted by Crippen LogP contribution is 2.42. The molecule has 0 saturated carbocycles. The van der Waals surface area contributed by atoms with Gasteiger partial charge >= 0.3 is 0 Å². The summed E-state index contributed by atoms with van der Waals surface area (Å²) in [6.45, 7) is 0. The highest BCUT2D eigenvalue weighted by molar-refractivity contribution is 7.25. The second-order valence-corrected chi connectivity index (χ2v) is 16.0. The molecule has 0 aliphatic heterocycles. The van der Waals surface area contributed by atoms with Gasteiger partial charge in [-0.1, -0.05) is 158 Å². The van der Waals surface area contributed by atoms with Gasteiger partial charge in [-0.15, -0.1) is 11.3 Å². The zero-order valence-electron chi connectivity index (χ0n) is 31.2. The number of fused-ring (bicyclic) bond motifs is 5. The van der Waals surface area contributed by atoms with Gasteiger partial charge in [0.15, 0.2) is 0 Å². The van der Waals surface area contributed by atoms with Crippen LogP contribution in [0, 0.1) is 0 Å². The van der Waals surface area contributed by atoms with Crippen molar-refractivity contribution in [2.75, 3.05) is 0 Å². The largest absolute Gasteiger partial charge is 0.135 e. The molecule has 0 N–H and O–H groups in total. The predicted octanol–water partition coefficient (Wildman–Crippen LogP) is 16.4. The van der Waals surface area contributed by atoms with Crippen molar-refractivity contribution < 1.29 is 0 Å². The normalized spacial score (nSPS) is 11.5. The van der Waals surface area contributed by atoms with Crippen LogP contribution in [0.15, 0.2) is 218 Å². The summed E-state index contributed by atoms with van der Waals surface area (Å²) in [5.41, 5.74) is 14.7. The Morgan fingerprint density at radius 2 is 0.579 bits per heavy atom. The fraction of sp³-hybridized carbons (Fsp3) is 0. The molecule has 11 aromatic rings. The quantitative estimate of drug-likeness (QED) is 0.159. The SMILES string of the molecule is c1ccc(-c2cc(-c3ccc4sc5ccc(-c6cc(-c7ccccc7)cc(-c7cccc8ccccc78)c6)cc5c4c3)cc(-c3cccc4ccccc34)c2)cc1. The molecule has 0 nitrogen and oxygen atoms in total. The Balaban J connectivity index is 1.07. The molecule has 0 aliphatic carbocycles. The third-order valence-electron chi connectivity index (χ3n) is 11.4. The second-order valence-electron chi connectivity index (χ2n) is 14.9. The van der Waals surface area contributed by atoms with Crippen LogP contribution < -0.4 is 0 Å². The van der Waals surface area contributed by atoms with Crippen molar-refractivity contribution in [1.29, 1.82) is 0 Å². The third-order valence-corrected chi connectivity index (χ3v) is 12.6. The van der Waals surface area contributed by atoms with Crippen molar-refractivity contribution in [2.24, 2.45) is 0 Å². The summed E-state index contributed by atoms with van der Waals surface area (Å²) < 4.78 is 2.60. The van der Waals surface area contributed by atoms with Crippen LogP contribution in [0.5, 0.6) is 0 Å². The lowest BCUT2D eigenvalue weighted by atomic mass is 9.90. The number of hydrogen-bond acceptors (Lipinski definition) is 1. The zero-order valence-corrected chi connectivity index (χ0v) is 32.0. The van der Waals surface area contributed by atoms with Gasteiger partial charge < -0.3 is 0 Å². The third kappa shape index (κ3) is 6.10. The van der Waals surface area contributed by atoms with E-state index < -0.39 is 0 Å². The summed E-state index contributed by atoms with van der Waals surface area (Å²) in [4.78, 5) is 0. The first-order valence-corrected chi connectivity index (χ1v) is 20.4. The Hall–Kier alpha value is -7.06. The molecule has 0 fully saturated rings. The predicted molar refractivity (Wildman–Crippen MR) is 247 cm³/mol. The van der Waals surface area contributed by atoms with Gasteiger partial charge in [0.2, 0.25) is 0 Å². The van der Waals surface area contributed by atoms with Gasteiger partial charge in [0.05, 0.1) is 0 Å². The Morgan fingerprint density at radius 1 is 0.211 bits per heavy atom. The highest BCUT2D eigenvalue weighted by atomic mass is 32.1. The van der Waals surface area contributed by atoms with Crippen molar-refractivity contribution in [3.05, 3.63) is 218 Å². The van der Waals surface area contributed by atoms with Gasteiger partial charge in [0.25, 0.3) is 0 Å². The van der Waals surface area contributed by atoms with E-state index in [0.717, 1.165) is 0 Å². The van der Waals surface area contributed by atoms with E-state index >= 15 is 0 Å². The van der Waals surface area contributed by atoms with Crippen LogP contribution in [-0.4, -0.2) is 0 Å². The lowest BCUT2D eigenvalue weighted by molar-refractivity contribution is 1.58. The van der Waals surface area contributed by atoms with E-state index in [1.807, 2.05) is 11.3 Å². The average molecular weight is 741 g/mol. The lowest BCUT2D eigenvalue weighted by Gasteiger charge is -2.14. The van der Waals surface area contributed by atoms with Gasteiger partial charge in [-0.25, -0.2) is 0 Å². The summed E-state index contributed by atoms with van der Waals surface area (Å²) in [5.74, 6) is 0. The molecule has 1 aromatic heterocycles. The van der Waals surface area contributed by atoms with Gasteiger partial charge in [-0.2, -0.15) is 0 Å². The number of rotatable bonds is 6. The molecule has 0 saturated heterocycles. The van der Waals surface area contributed by atoms with Crippen molar-refractivity contribution >= 4 is 53.1 Å². The van der Waals surface area contributed by atoms with E-state index in [-0.39, 0.29) is 0 Å². The van der Waals surface area contributed by atoms with E-state index in [2.05, 4.69) is 218 Å². The zero-order chi connectivity index (χ0) is 37.7. The smallest absolute Gasteiger partial charge is 0.0355 e. The van der Waals surface area contributed by atoms with E-state index in [1.165, 1.54) is 108 Å². The minimum atomic E-state index is 1.21. The molecule has 0 radical (unpaired) electrons. The summed E-state index contributed by atoms with van der Waals surface area (Å²) >= 11 is 1.87. The maximum absolute atomic E-state index is 2.41. The topological polar surface area (TPSA) is 0 Å². The molecule has 1 heteroatoms. The highest BCUT2D eigenvalue weighted by Gasteiger charge is 2.15. The first kappa shape index (κ1) is 33.3. The lowest BCUT2D eigenvalue weighted by Crippen LogP contribution is -1.88. The van der Waals surface area contributed by atoms with E-state index in [9.17, 15) is 0 Å². The molecule has 266 valence electrons. The molecule has 0 aliphatic rings. The molecule has 57 heavy (non-hydrogen) atoms. The fourth-order valence-electron chi connectivity index (χ4n) is 8.58. The van der Waals surface area contributed by atoms with Crippen LogP contribution in [0.3, 0.4) is 0 Å². The molecule has 11 rings (SSSR count). The van der Waals surface area contributed by atoms with E-state index in [0.29, 0.717) is 0 Å². The van der Waals surface area contributed by atoms with Crippen LogP contribution in [0.1, 0.15) is 0 Å². The van der Waals surface area contributed by atoms with Crippen molar-refractivity contribution in [1.82, 2.24) is 0 Å². The molecule has 0 bridgehead atoms. The van der Waals surface area contributed by atoms with Crippen molar-refractivity contribution in [3.8, 4) is 66.8 Å². The minimum absolute atomic E-state index is 1.21. The van der Waals surface area contributed by atoms with Gasteiger partial charge in [-0.05, 0) is 149 Å². The van der Waals surface area contributed by atoms with Crippen LogP contribution in [0.4, 0.5) is 0 Å². The Labute approximate surface area is 336 Å². The van der Waals surface area contributed by atoms with E-state index in [1.54, 1.807) is 0 Å². The summed E-state index contributed by atoms with van der Waals surface area (Å²) in [5, 5.41) is 7.62. The molecule has 0 spiro atoms. The van der Waals surface area contributed by atoms with E-state index in [4.69, 9.17) is 0 Å². The first-order valence-electron chi connectivity index (χ1n) is 19.6. The van der Waals surface area contributed by atoms with Crippen molar-refractivity contribution in [2.45, 2.75) is 0 Å². The molecule has 0 atom stereocenters. The van der Waals surface area contributed by atoms with Crippen LogP contribution in [0.25, 0.3) is 108 Å². The Bertz CT molecular complexity index is 3050. The number of thiophene rings is 1. The van der Waals surface area contributed by atoms with Gasteiger partial charge in [0, 0.05) is 20.2 Å².